The minimum Gasteiger partial charge on any atom is -0.497 e. The predicted molar refractivity (Wildman–Crippen MR) is 119 cm³/mol. The van der Waals surface area contributed by atoms with Crippen LogP contribution in [0.5, 0.6) is 5.75 Å². The summed E-state index contributed by atoms with van der Waals surface area (Å²) < 4.78 is 6.80. The number of anilines is 2. The van der Waals surface area contributed by atoms with Crippen LogP contribution >= 0.6 is 0 Å². The molecule has 2 amide bonds. The second-order valence-electron chi connectivity index (χ2n) is 7.50. The van der Waals surface area contributed by atoms with Gasteiger partial charge in [-0.15, -0.1) is 10.2 Å². The van der Waals surface area contributed by atoms with Gasteiger partial charge in [-0.25, -0.2) is 4.68 Å². The smallest absolute Gasteiger partial charge is 0.227 e. The number of carbonyl (C=O) groups is 2. The van der Waals surface area contributed by atoms with Gasteiger partial charge in [0.05, 0.1) is 18.7 Å². The molecule has 1 aliphatic rings. The van der Waals surface area contributed by atoms with Crippen molar-refractivity contribution in [2.45, 2.75) is 13.3 Å². The third kappa shape index (κ3) is 4.85. The largest absolute Gasteiger partial charge is 0.497 e. The van der Waals surface area contributed by atoms with Crippen LogP contribution in [0.4, 0.5) is 11.5 Å². The van der Waals surface area contributed by atoms with E-state index in [1.54, 1.807) is 28.8 Å². The molecule has 2 aromatic heterocycles. The van der Waals surface area contributed by atoms with E-state index in [-0.39, 0.29) is 24.2 Å². The van der Waals surface area contributed by atoms with E-state index in [0.29, 0.717) is 31.3 Å². The zero-order valence-electron chi connectivity index (χ0n) is 18.0. The van der Waals surface area contributed by atoms with E-state index >= 15 is 0 Å². The maximum Gasteiger partial charge on any atom is 0.227 e. The second-order valence-corrected chi connectivity index (χ2v) is 7.50. The second kappa shape index (κ2) is 9.46. The van der Waals surface area contributed by atoms with Crippen molar-refractivity contribution in [3.05, 3.63) is 54.4 Å². The van der Waals surface area contributed by atoms with Crippen molar-refractivity contribution < 1.29 is 14.3 Å². The summed E-state index contributed by atoms with van der Waals surface area (Å²) in [5.41, 5.74) is 1.67. The Hall–Kier alpha value is -3.95. The molecule has 0 saturated carbocycles. The fraction of sp³-hybridized carbons (Fsp3) is 0.318. The van der Waals surface area contributed by atoms with Crippen LogP contribution in [0.3, 0.4) is 0 Å². The van der Waals surface area contributed by atoms with Crippen LogP contribution in [0, 0.1) is 12.8 Å². The Labute approximate surface area is 185 Å². The molecule has 166 valence electrons. The van der Waals surface area contributed by atoms with E-state index in [4.69, 9.17) is 4.74 Å². The molecular formula is C22H25N7O3. The molecule has 0 bridgehead atoms. The number of benzene rings is 1. The number of methoxy groups -OCH3 is 1. The summed E-state index contributed by atoms with van der Waals surface area (Å²) in [4.78, 5) is 26.5. The van der Waals surface area contributed by atoms with Gasteiger partial charge in [0.15, 0.2) is 5.82 Å². The Bertz CT molecular complexity index is 1080. The maximum atomic E-state index is 12.5. The topological polar surface area (TPSA) is 114 Å². The molecule has 1 saturated heterocycles. The van der Waals surface area contributed by atoms with Gasteiger partial charge >= 0.3 is 0 Å². The molecule has 10 nitrogen and oxygen atoms in total. The zero-order valence-corrected chi connectivity index (χ0v) is 18.0. The van der Waals surface area contributed by atoms with Crippen molar-refractivity contribution in [3.63, 3.8) is 0 Å². The quantitative estimate of drug-likeness (QED) is 0.516. The highest BCUT2D eigenvalue weighted by atomic mass is 16.5. The molecule has 4 rings (SSSR count). The van der Waals surface area contributed by atoms with Crippen molar-refractivity contribution in [1.29, 1.82) is 0 Å². The van der Waals surface area contributed by atoms with E-state index in [1.807, 2.05) is 43.5 Å². The summed E-state index contributed by atoms with van der Waals surface area (Å²) in [6, 6.07) is 12.8. The molecule has 32 heavy (non-hydrogen) atoms. The fourth-order valence-corrected chi connectivity index (χ4v) is 3.50. The number of aryl methyl sites for hydroxylation is 1. The molecule has 1 aromatic carbocycles. The van der Waals surface area contributed by atoms with Crippen molar-refractivity contribution in [2.24, 2.45) is 5.92 Å². The molecular weight excluding hydrogens is 410 g/mol. The first kappa shape index (κ1) is 21.3. The summed E-state index contributed by atoms with van der Waals surface area (Å²) in [5.74, 6) is 1.39. The first-order valence-corrected chi connectivity index (χ1v) is 10.4. The first-order chi connectivity index (χ1) is 15.5. The molecule has 3 aromatic rings. The van der Waals surface area contributed by atoms with Gasteiger partial charge in [0, 0.05) is 37.9 Å². The lowest BCUT2D eigenvalue weighted by Gasteiger charge is -2.17. The van der Waals surface area contributed by atoms with E-state index in [1.165, 1.54) is 0 Å². The van der Waals surface area contributed by atoms with Crippen molar-refractivity contribution in [2.75, 3.05) is 37.0 Å². The molecule has 0 radical (unpaired) electrons. The van der Waals surface area contributed by atoms with Crippen molar-refractivity contribution >= 4 is 23.3 Å². The molecule has 1 fully saturated rings. The van der Waals surface area contributed by atoms with E-state index in [9.17, 15) is 9.59 Å². The standard InChI is InChI=1S/C22H25N7O3/c1-15-9-12-29(27-15)20-8-7-19(25-26-20)23-10-11-24-22(31)16-13-21(30)28(14-16)17-3-5-18(32-2)6-4-17/h3-9,12,16H,10-11,13-14H2,1-2H3,(H,23,25)(H,24,31). The summed E-state index contributed by atoms with van der Waals surface area (Å²) in [5, 5.41) is 18.6. The predicted octanol–water partition coefficient (Wildman–Crippen LogP) is 1.56. The summed E-state index contributed by atoms with van der Waals surface area (Å²) in [6.07, 6.45) is 2.02. The molecule has 0 spiro atoms. The van der Waals surface area contributed by atoms with Gasteiger partial charge in [-0.1, -0.05) is 0 Å². The number of nitrogens with zero attached hydrogens (tertiary/aromatic N) is 5. The summed E-state index contributed by atoms with van der Waals surface area (Å²) in [6.45, 7) is 3.17. The number of nitrogens with one attached hydrogen (secondary N) is 2. The third-order valence-corrected chi connectivity index (χ3v) is 5.22. The van der Waals surface area contributed by atoms with E-state index < -0.39 is 0 Å². The summed E-state index contributed by atoms with van der Waals surface area (Å²) >= 11 is 0. The van der Waals surface area contributed by atoms with Crippen LogP contribution in [0.1, 0.15) is 12.1 Å². The Morgan fingerprint density at radius 1 is 1.12 bits per heavy atom. The van der Waals surface area contributed by atoms with Crippen LogP contribution < -0.4 is 20.3 Å². The molecule has 1 unspecified atom stereocenters. The van der Waals surface area contributed by atoms with Crippen LogP contribution in [0.25, 0.3) is 5.82 Å². The SMILES string of the molecule is COc1ccc(N2CC(C(=O)NCCNc3ccc(-n4ccc(C)n4)nn3)CC2=O)cc1. The minimum atomic E-state index is -0.374. The van der Waals surface area contributed by atoms with Crippen LogP contribution in [0.2, 0.25) is 0 Å². The summed E-state index contributed by atoms with van der Waals surface area (Å²) in [7, 11) is 1.59. The van der Waals surface area contributed by atoms with E-state index in [0.717, 1.165) is 17.1 Å². The van der Waals surface area contributed by atoms with Gasteiger partial charge in [-0.3, -0.25) is 9.59 Å². The number of rotatable bonds is 8. The molecule has 0 aliphatic carbocycles. The van der Waals surface area contributed by atoms with Crippen molar-refractivity contribution in [1.82, 2.24) is 25.3 Å². The maximum absolute atomic E-state index is 12.5. The fourth-order valence-electron chi connectivity index (χ4n) is 3.50. The van der Waals surface area contributed by atoms with Crippen LogP contribution in [-0.4, -0.2) is 58.5 Å². The number of amides is 2. The highest BCUT2D eigenvalue weighted by Crippen LogP contribution is 2.26. The third-order valence-electron chi connectivity index (χ3n) is 5.22. The minimum absolute atomic E-state index is 0.0591. The lowest BCUT2D eigenvalue weighted by molar-refractivity contribution is -0.126. The molecule has 10 heteroatoms. The van der Waals surface area contributed by atoms with Gasteiger partial charge < -0.3 is 20.3 Å². The van der Waals surface area contributed by atoms with Crippen molar-refractivity contribution in [3.8, 4) is 11.6 Å². The zero-order chi connectivity index (χ0) is 22.5. The normalized spacial score (nSPS) is 15.6. The number of carbonyl (C=O) groups excluding carboxylic acids is 2. The number of aromatic nitrogens is 4. The number of ether oxygens (including phenoxy) is 1. The van der Waals surface area contributed by atoms with Gasteiger partial charge in [-0.05, 0) is 49.4 Å². The number of hydrogen-bond donors (Lipinski definition) is 2. The molecule has 2 N–H and O–H groups in total. The monoisotopic (exact) mass is 435 g/mol. The van der Waals surface area contributed by atoms with Crippen LogP contribution in [-0.2, 0) is 9.59 Å². The Balaban J connectivity index is 1.22. The lowest BCUT2D eigenvalue weighted by Crippen LogP contribution is -2.35. The highest BCUT2D eigenvalue weighted by Gasteiger charge is 2.34. The molecule has 1 atom stereocenters. The lowest BCUT2D eigenvalue weighted by atomic mass is 10.1. The Morgan fingerprint density at radius 3 is 2.59 bits per heavy atom. The van der Waals surface area contributed by atoms with Gasteiger partial charge in [0.2, 0.25) is 11.8 Å². The van der Waals surface area contributed by atoms with Crippen LogP contribution in [0.15, 0.2) is 48.7 Å². The van der Waals surface area contributed by atoms with Gasteiger partial charge in [0.1, 0.15) is 11.6 Å². The average molecular weight is 435 g/mol. The Kier molecular flexibility index (Phi) is 6.29. The Morgan fingerprint density at radius 2 is 1.94 bits per heavy atom. The molecule has 1 aliphatic heterocycles. The van der Waals surface area contributed by atoms with E-state index in [2.05, 4.69) is 25.9 Å². The van der Waals surface area contributed by atoms with Gasteiger partial charge in [0.25, 0.3) is 0 Å². The highest BCUT2D eigenvalue weighted by molar-refractivity contribution is 6.00. The number of hydrogen-bond acceptors (Lipinski definition) is 7. The average Bonchev–Trinajstić information content (AvgIpc) is 3.43. The molecule has 3 heterocycles. The van der Waals surface area contributed by atoms with Gasteiger partial charge in [-0.2, -0.15) is 5.10 Å². The first-order valence-electron chi connectivity index (χ1n) is 10.4.